The van der Waals surface area contributed by atoms with Crippen molar-refractivity contribution in [1.82, 2.24) is 0 Å². The first-order valence-corrected chi connectivity index (χ1v) is 7.75. The van der Waals surface area contributed by atoms with Crippen LogP contribution in [0.4, 0.5) is 5.69 Å². The van der Waals surface area contributed by atoms with Gasteiger partial charge in [-0.25, -0.2) is 0 Å². The molecule has 98 valence electrons. The van der Waals surface area contributed by atoms with Gasteiger partial charge in [0.2, 0.25) is 0 Å². The maximum absolute atomic E-state index is 12.1. The van der Waals surface area contributed by atoms with Crippen LogP contribution in [-0.4, -0.2) is 5.91 Å². The summed E-state index contributed by atoms with van der Waals surface area (Å²) in [5.74, 6) is -0.163. The Balaban J connectivity index is 2.23. The fraction of sp³-hybridized carbons (Fsp3) is 0.0714. The van der Waals surface area contributed by atoms with Gasteiger partial charge in [-0.3, -0.25) is 4.79 Å². The molecule has 0 fully saturated rings. The van der Waals surface area contributed by atoms with Crippen LogP contribution in [0.25, 0.3) is 0 Å². The lowest BCUT2D eigenvalue weighted by Crippen LogP contribution is -2.12. The van der Waals surface area contributed by atoms with Gasteiger partial charge in [0.25, 0.3) is 5.91 Å². The van der Waals surface area contributed by atoms with E-state index in [1.165, 1.54) is 0 Å². The molecule has 5 heteroatoms. The summed E-state index contributed by atoms with van der Waals surface area (Å²) in [6, 6.07) is 11.0. The summed E-state index contributed by atoms with van der Waals surface area (Å²) in [6.45, 7) is 1.95. The zero-order valence-electron chi connectivity index (χ0n) is 10.0. The SMILES string of the molecule is Cc1cc(Br)ccc1NC(=O)c1ccc(I)c(Cl)c1. The number of hydrogen-bond acceptors (Lipinski definition) is 1. The molecule has 0 unspecified atom stereocenters. The number of carbonyl (C=O) groups excluding carboxylic acids is 1. The minimum atomic E-state index is -0.163. The molecule has 2 aromatic carbocycles. The van der Waals surface area contributed by atoms with Crippen molar-refractivity contribution in [2.24, 2.45) is 0 Å². The average molecular weight is 451 g/mol. The second-order valence-electron chi connectivity index (χ2n) is 4.04. The van der Waals surface area contributed by atoms with Crippen LogP contribution in [0.5, 0.6) is 0 Å². The first kappa shape index (κ1) is 14.8. The molecule has 2 nitrogen and oxygen atoms in total. The molecule has 1 N–H and O–H groups in total. The molecule has 2 rings (SSSR count). The Kier molecular flexibility index (Phi) is 4.86. The normalized spacial score (nSPS) is 10.3. The van der Waals surface area contributed by atoms with Gasteiger partial charge < -0.3 is 5.32 Å². The monoisotopic (exact) mass is 449 g/mol. The largest absolute Gasteiger partial charge is 0.322 e. The fourth-order valence-corrected chi connectivity index (χ4v) is 2.59. The molecule has 0 aliphatic heterocycles. The van der Waals surface area contributed by atoms with Gasteiger partial charge in [0.1, 0.15) is 0 Å². The molecule has 0 aliphatic carbocycles. The number of nitrogens with one attached hydrogen (secondary N) is 1. The third-order valence-corrected chi connectivity index (χ3v) is 4.68. The second-order valence-corrected chi connectivity index (χ2v) is 6.53. The minimum absolute atomic E-state index is 0.163. The van der Waals surface area contributed by atoms with Gasteiger partial charge in [-0.15, -0.1) is 0 Å². The Morgan fingerprint density at radius 1 is 1.26 bits per heavy atom. The Labute approximate surface area is 138 Å². The van der Waals surface area contributed by atoms with Crippen LogP contribution in [0, 0.1) is 10.5 Å². The molecule has 0 saturated heterocycles. The van der Waals surface area contributed by atoms with E-state index in [1.807, 2.05) is 31.2 Å². The van der Waals surface area contributed by atoms with Gasteiger partial charge in [-0.2, -0.15) is 0 Å². The Hall–Kier alpha value is -0.590. The number of hydrogen-bond donors (Lipinski definition) is 1. The van der Waals surface area contributed by atoms with E-state index in [2.05, 4.69) is 43.8 Å². The van der Waals surface area contributed by atoms with E-state index in [9.17, 15) is 4.79 Å². The zero-order chi connectivity index (χ0) is 14.0. The van der Waals surface area contributed by atoms with Crippen molar-refractivity contribution in [3.05, 3.63) is 60.6 Å². The van der Waals surface area contributed by atoms with Gasteiger partial charge >= 0.3 is 0 Å². The predicted molar refractivity (Wildman–Crippen MR) is 91.0 cm³/mol. The molecule has 0 radical (unpaired) electrons. The number of halogens is 3. The number of carbonyl (C=O) groups is 1. The van der Waals surface area contributed by atoms with Crippen molar-refractivity contribution in [2.75, 3.05) is 5.32 Å². The van der Waals surface area contributed by atoms with Crippen molar-refractivity contribution in [1.29, 1.82) is 0 Å². The summed E-state index contributed by atoms with van der Waals surface area (Å²) in [6.07, 6.45) is 0. The summed E-state index contributed by atoms with van der Waals surface area (Å²) in [5.41, 5.74) is 2.34. The van der Waals surface area contributed by atoms with Crippen LogP contribution in [0.1, 0.15) is 15.9 Å². The smallest absolute Gasteiger partial charge is 0.255 e. The highest BCUT2D eigenvalue weighted by molar-refractivity contribution is 14.1. The molecular formula is C14H10BrClINO. The summed E-state index contributed by atoms with van der Waals surface area (Å²) >= 11 is 11.5. The van der Waals surface area contributed by atoms with E-state index in [0.717, 1.165) is 19.3 Å². The van der Waals surface area contributed by atoms with Crippen LogP contribution in [0.15, 0.2) is 40.9 Å². The predicted octanol–water partition coefficient (Wildman–Crippen LogP) is 5.27. The van der Waals surface area contributed by atoms with Gasteiger partial charge in [0, 0.05) is 19.3 Å². The molecule has 0 bridgehead atoms. The van der Waals surface area contributed by atoms with Crippen LogP contribution in [0.2, 0.25) is 5.02 Å². The van der Waals surface area contributed by atoms with E-state index in [-0.39, 0.29) is 5.91 Å². The van der Waals surface area contributed by atoms with Crippen LogP contribution >= 0.6 is 50.1 Å². The average Bonchev–Trinajstić information content (AvgIpc) is 2.36. The Morgan fingerprint density at radius 3 is 2.63 bits per heavy atom. The molecular weight excluding hydrogens is 440 g/mol. The molecule has 19 heavy (non-hydrogen) atoms. The number of amides is 1. The molecule has 2 aromatic rings. The number of anilines is 1. The lowest BCUT2D eigenvalue weighted by Gasteiger charge is -2.09. The first-order chi connectivity index (χ1) is 8.97. The maximum Gasteiger partial charge on any atom is 0.255 e. The van der Waals surface area contributed by atoms with Crippen molar-refractivity contribution in [3.63, 3.8) is 0 Å². The van der Waals surface area contributed by atoms with Gasteiger partial charge in [0.15, 0.2) is 0 Å². The van der Waals surface area contributed by atoms with E-state index < -0.39 is 0 Å². The highest BCUT2D eigenvalue weighted by Crippen LogP contribution is 2.23. The summed E-state index contributed by atoms with van der Waals surface area (Å²) < 4.78 is 1.91. The fourth-order valence-electron chi connectivity index (χ4n) is 1.60. The van der Waals surface area contributed by atoms with Crippen molar-refractivity contribution in [3.8, 4) is 0 Å². The third-order valence-electron chi connectivity index (χ3n) is 2.62. The van der Waals surface area contributed by atoms with Crippen LogP contribution in [-0.2, 0) is 0 Å². The quantitative estimate of drug-likeness (QED) is 0.621. The molecule has 0 heterocycles. The van der Waals surface area contributed by atoms with Crippen LogP contribution < -0.4 is 5.32 Å². The highest BCUT2D eigenvalue weighted by Gasteiger charge is 2.09. The Bertz CT molecular complexity index is 645. The zero-order valence-corrected chi connectivity index (χ0v) is 14.5. The number of benzene rings is 2. The second kappa shape index (κ2) is 6.24. The van der Waals surface area contributed by atoms with E-state index in [0.29, 0.717) is 10.6 Å². The van der Waals surface area contributed by atoms with Crippen LogP contribution in [0.3, 0.4) is 0 Å². The van der Waals surface area contributed by atoms with E-state index >= 15 is 0 Å². The third kappa shape index (κ3) is 3.70. The lowest BCUT2D eigenvalue weighted by molar-refractivity contribution is 0.102. The molecule has 0 aliphatic rings. The topological polar surface area (TPSA) is 29.1 Å². The molecule has 0 aromatic heterocycles. The van der Waals surface area contributed by atoms with Gasteiger partial charge in [-0.1, -0.05) is 27.5 Å². The van der Waals surface area contributed by atoms with Gasteiger partial charge in [-0.05, 0) is 71.5 Å². The number of rotatable bonds is 2. The maximum atomic E-state index is 12.1. The molecule has 1 amide bonds. The molecule has 0 saturated carbocycles. The van der Waals surface area contributed by atoms with Crippen molar-refractivity contribution >= 4 is 61.7 Å². The minimum Gasteiger partial charge on any atom is -0.322 e. The van der Waals surface area contributed by atoms with Crippen molar-refractivity contribution in [2.45, 2.75) is 6.92 Å². The molecule has 0 spiro atoms. The van der Waals surface area contributed by atoms with Gasteiger partial charge in [0.05, 0.1) is 5.02 Å². The lowest BCUT2D eigenvalue weighted by atomic mass is 10.1. The van der Waals surface area contributed by atoms with E-state index in [1.54, 1.807) is 12.1 Å². The molecule has 0 atom stereocenters. The Morgan fingerprint density at radius 2 is 2.00 bits per heavy atom. The standard InChI is InChI=1S/C14H10BrClINO/c1-8-6-10(15)3-5-13(8)18-14(19)9-2-4-12(17)11(16)7-9/h2-7H,1H3,(H,18,19). The summed E-state index contributed by atoms with van der Waals surface area (Å²) in [5, 5.41) is 3.46. The highest BCUT2D eigenvalue weighted by atomic mass is 127. The number of aryl methyl sites for hydroxylation is 1. The summed E-state index contributed by atoms with van der Waals surface area (Å²) in [4.78, 5) is 12.1. The van der Waals surface area contributed by atoms with Crippen molar-refractivity contribution < 1.29 is 4.79 Å². The summed E-state index contributed by atoms with van der Waals surface area (Å²) in [7, 11) is 0. The van der Waals surface area contributed by atoms with E-state index in [4.69, 9.17) is 11.6 Å². The first-order valence-electron chi connectivity index (χ1n) is 5.50.